The van der Waals surface area contributed by atoms with Gasteiger partial charge in [0.2, 0.25) is 0 Å². The van der Waals surface area contributed by atoms with Crippen LogP contribution in [0.1, 0.15) is 18.3 Å². The van der Waals surface area contributed by atoms with E-state index in [0.717, 1.165) is 5.69 Å². The lowest BCUT2D eigenvalue weighted by molar-refractivity contribution is -0.0351. The molecule has 2 aromatic heterocycles. The van der Waals surface area contributed by atoms with Gasteiger partial charge in [-0.05, 0) is 6.92 Å². The second-order valence-corrected chi connectivity index (χ2v) is 4.37. The number of aryl methyl sites for hydroxylation is 1. The highest BCUT2D eigenvalue weighted by Crippen LogP contribution is 2.32. The highest BCUT2D eigenvalue weighted by atomic mass is 19.1. The number of ether oxygens (including phenoxy) is 1. The quantitative estimate of drug-likeness (QED) is 0.854. The van der Waals surface area contributed by atoms with Gasteiger partial charge in [0.15, 0.2) is 11.9 Å². The first kappa shape index (κ1) is 11.5. The van der Waals surface area contributed by atoms with Crippen LogP contribution in [0.25, 0.3) is 11.2 Å². The minimum atomic E-state index is -1.17. The lowest BCUT2D eigenvalue weighted by Gasteiger charge is -2.15. The molecule has 1 fully saturated rings. The predicted molar refractivity (Wildman–Crippen MR) is 60.6 cm³/mol. The van der Waals surface area contributed by atoms with Crippen LogP contribution in [0.15, 0.2) is 12.7 Å². The Bertz CT molecular complexity index is 573. The van der Waals surface area contributed by atoms with E-state index in [0.29, 0.717) is 11.2 Å². The molecular formula is C11H13FN4O2. The van der Waals surface area contributed by atoms with Gasteiger partial charge in [-0.25, -0.2) is 19.3 Å². The second kappa shape index (κ2) is 4.25. The smallest absolute Gasteiger partial charge is 0.168 e. The summed E-state index contributed by atoms with van der Waals surface area (Å²) in [5.74, 6) is 0. The maximum absolute atomic E-state index is 13.9. The fraction of sp³-hybridized carbons (Fsp3) is 0.545. The molecular weight excluding hydrogens is 239 g/mol. The highest BCUT2D eigenvalue weighted by Gasteiger charge is 2.37. The molecule has 3 rings (SSSR count). The summed E-state index contributed by atoms with van der Waals surface area (Å²) in [6.45, 7) is 1.64. The maximum Gasteiger partial charge on any atom is 0.168 e. The molecule has 96 valence electrons. The van der Waals surface area contributed by atoms with Crippen molar-refractivity contribution in [3.8, 4) is 0 Å². The molecule has 3 atom stereocenters. The van der Waals surface area contributed by atoms with Crippen LogP contribution in [-0.4, -0.2) is 43.5 Å². The van der Waals surface area contributed by atoms with Crippen molar-refractivity contribution in [1.82, 2.24) is 19.5 Å². The molecule has 3 heterocycles. The molecule has 0 spiro atoms. The third-order valence-corrected chi connectivity index (χ3v) is 3.15. The first-order valence-corrected chi connectivity index (χ1v) is 5.75. The van der Waals surface area contributed by atoms with Crippen molar-refractivity contribution in [2.45, 2.75) is 31.8 Å². The molecule has 1 aliphatic rings. The molecule has 1 saturated heterocycles. The van der Waals surface area contributed by atoms with Crippen molar-refractivity contribution in [2.75, 3.05) is 6.61 Å². The molecule has 0 amide bonds. The van der Waals surface area contributed by atoms with Gasteiger partial charge >= 0.3 is 0 Å². The lowest BCUT2D eigenvalue weighted by Crippen LogP contribution is -2.16. The van der Waals surface area contributed by atoms with Crippen molar-refractivity contribution in [1.29, 1.82) is 0 Å². The Hall–Kier alpha value is -1.60. The number of halogens is 1. The first-order valence-electron chi connectivity index (χ1n) is 5.75. The average Bonchev–Trinajstić information content (AvgIpc) is 2.93. The third-order valence-electron chi connectivity index (χ3n) is 3.15. The molecule has 6 nitrogen and oxygen atoms in total. The van der Waals surface area contributed by atoms with Gasteiger partial charge in [0, 0.05) is 6.42 Å². The maximum atomic E-state index is 13.9. The van der Waals surface area contributed by atoms with E-state index in [1.165, 1.54) is 12.7 Å². The van der Waals surface area contributed by atoms with Crippen LogP contribution in [0, 0.1) is 6.92 Å². The molecule has 0 aliphatic carbocycles. The van der Waals surface area contributed by atoms with Gasteiger partial charge in [0.05, 0.1) is 24.7 Å². The molecule has 0 bridgehead atoms. The van der Waals surface area contributed by atoms with Crippen molar-refractivity contribution in [3.05, 3.63) is 18.3 Å². The standard InChI is InChI=1S/C11H13FN4O2/c1-6-9-10(14-4-13-6)16(5-15-9)11-8(12)2-7(3-17)18-11/h4-5,7-8,11,17H,2-3H2,1H3. The van der Waals surface area contributed by atoms with Crippen LogP contribution < -0.4 is 0 Å². The molecule has 1 N–H and O–H groups in total. The predicted octanol–water partition coefficient (Wildman–Crippen LogP) is 0.753. The fourth-order valence-corrected chi connectivity index (χ4v) is 2.22. The summed E-state index contributed by atoms with van der Waals surface area (Å²) in [6.07, 6.45) is 0.692. The summed E-state index contributed by atoms with van der Waals surface area (Å²) < 4.78 is 20.9. The van der Waals surface area contributed by atoms with Crippen molar-refractivity contribution < 1.29 is 14.2 Å². The third kappa shape index (κ3) is 1.67. The second-order valence-electron chi connectivity index (χ2n) is 4.37. The van der Waals surface area contributed by atoms with Crippen LogP contribution >= 0.6 is 0 Å². The van der Waals surface area contributed by atoms with Crippen LogP contribution in [0.5, 0.6) is 0 Å². The average molecular weight is 252 g/mol. The van der Waals surface area contributed by atoms with Crippen molar-refractivity contribution in [3.63, 3.8) is 0 Å². The van der Waals surface area contributed by atoms with E-state index in [2.05, 4.69) is 15.0 Å². The lowest BCUT2D eigenvalue weighted by atomic mass is 10.2. The number of rotatable bonds is 2. The fourth-order valence-electron chi connectivity index (χ4n) is 2.22. The molecule has 18 heavy (non-hydrogen) atoms. The zero-order chi connectivity index (χ0) is 12.7. The summed E-state index contributed by atoms with van der Waals surface area (Å²) in [6, 6.07) is 0. The van der Waals surface area contributed by atoms with E-state index in [4.69, 9.17) is 9.84 Å². The van der Waals surface area contributed by atoms with Crippen LogP contribution in [0.2, 0.25) is 0 Å². The van der Waals surface area contributed by atoms with Gasteiger partial charge in [-0.2, -0.15) is 0 Å². The largest absolute Gasteiger partial charge is 0.394 e. The Kier molecular flexibility index (Phi) is 2.71. The SMILES string of the molecule is Cc1ncnc2c1ncn2C1OC(CO)CC1F. The topological polar surface area (TPSA) is 73.1 Å². The normalized spacial score (nSPS) is 28.1. The minimum absolute atomic E-state index is 0.183. The van der Waals surface area contributed by atoms with Gasteiger partial charge in [0.25, 0.3) is 0 Å². The van der Waals surface area contributed by atoms with Crippen LogP contribution in [0.4, 0.5) is 4.39 Å². The highest BCUT2D eigenvalue weighted by molar-refractivity contribution is 5.72. The van der Waals surface area contributed by atoms with E-state index in [1.54, 1.807) is 4.57 Å². The monoisotopic (exact) mass is 252 g/mol. The number of fused-ring (bicyclic) bond motifs is 1. The Morgan fingerprint density at radius 2 is 2.33 bits per heavy atom. The Labute approximate surface area is 102 Å². The van der Waals surface area contributed by atoms with E-state index in [9.17, 15) is 4.39 Å². The molecule has 0 saturated carbocycles. The zero-order valence-corrected chi connectivity index (χ0v) is 9.82. The van der Waals surface area contributed by atoms with E-state index >= 15 is 0 Å². The number of aliphatic hydroxyl groups is 1. The Morgan fingerprint density at radius 3 is 3.06 bits per heavy atom. The van der Waals surface area contributed by atoms with Gasteiger partial charge in [-0.15, -0.1) is 0 Å². The number of nitrogens with zero attached hydrogens (tertiary/aromatic N) is 4. The van der Waals surface area contributed by atoms with E-state index < -0.39 is 18.5 Å². The molecule has 7 heteroatoms. The molecule has 3 unspecified atom stereocenters. The van der Waals surface area contributed by atoms with Gasteiger partial charge < -0.3 is 9.84 Å². The Balaban J connectivity index is 2.02. The number of hydrogen-bond acceptors (Lipinski definition) is 5. The van der Waals surface area contributed by atoms with E-state index in [-0.39, 0.29) is 13.0 Å². The zero-order valence-electron chi connectivity index (χ0n) is 9.82. The number of hydrogen-bond donors (Lipinski definition) is 1. The van der Waals surface area contributed by atoms with Gasteiger partial charge in [-0.1, -0.05) is 0 Å². The van der Waals surface area contributed by atoms with Gasteiger partial charge in [0.1, 0.15) is 18.0 Å². The summed E-state index contributed by atoms with van der Waals surface area (Å²) >= 11 is 0. The Morgan fingerprint density at radius 1 is 1.50 bits per heavy atom. The van der Waals surface area contributed by atoms with Gasteiger partial charge in [-0.3, -0.25) is 4.57 Å². The van der Waals surface area contributed by atoms with Crippen LogP contribution in [0.3, 0.4) is 0 Å². The van der Waals surface area contributed by atoms with Crippen LogP contribution in [-0.2, 0) is 4.74 Å². The molecule has 2 aromatic rings. The summed E-state index contributed by atoms with van der Waals surface area (Å²) in [5.41, 5.74) is 1.93. The summed E-state index contributed by atoms with van der Waals surface area (Å²) in [7, 11) is 0. The molecule has 0 radical (unpaired) electrons. The number of alkyl halides is 1. The molecule has 0 aromatic carbocycles. The molecule has 1 aliphatic heterocycles. The van der Waals surface area contributed by atoms with Crippen molar-refractivity contribution in [2.24, 2.45) is 0 Å². The first-order chi connectivity index (χ1) is 8.70. The summed E-state index contributed by atoms with van der Waals surface area (Å²) in [5, 5.41) is 9.01. The number of aliphatic hydroxyl groups excluding tert-OH is 1. The minimum Gasteiger partial charge on any atom is -0.394 e. The summed E-state index contributed by atoms with van der Waals surface area (Å²) in [4.78, 5) is 12.3. The van der Waals surface area contributed by atoms with E-state index in [1.807, 2.05) is 6.92 Å². The number of imidazole rings is 1. The van der Waals surface area contributed by atoms with Crippen molar-refractivity contribution >= 4 is 11.2 Å². The number of aromatic nitrogens is 4.